The predicted molar refractivity (Wildman–Crippen MR) is 114 cm³/mol. The second kappa shape index (κ2) is 10.4. The van der Waals surface area contributed by atoms with Crippen LogP contribution in [0.15, 0.2) is 28.0 Å². The largest absolute Gasteiger partial charge is 0.454 e. The highest BCUT2D eigenvalue weighted by molar-refractivity contribution is 7.10. The van der Waals surface area contributed by atoms with Gasteiger partial charge in [-0.15, -0.1) is 11.3 Å². The highest BCUT2D eigenvalue weighted by Gasteiger charge is 2.22. The van der Waals surface area contributed by atoms with Crippen LogP contribution in [0.3, 0.4) is 0 Å². The van der Waals surface area contributed by atoms with Gasteiger partial charge in [0.15, 0.2) is 5.76 Å². The number of hydrazine groups is 1. The average molecular weight is 433 g/mol. The summed E-state index contributed by atoms with van der Waals surface area (Å²) in [5.41, 5.74) is 5.87. The number of hydrogen-bond donors (Lipinski definition) is 2. The van der Waals surface area contributed by atoms with Crippen molar-refractivity contribution in [2.45, 2.75) is 46.2 Å². The third kappa shape index (κ3) is 5.70. The number of amides is 3. The van der Waals surface area contributed by atoms with Crippen LogP contribution < -0.4 is 10.9 Å². The fourth-order valence-electron chi connectivity index (χ4n) is 3.34. The van der Waals surface area contributed by atoms with E-state index < -0.39 is 11.8 Å². The summed E-state index contributed by atoms with van der Waals surface area (Å²) in [6, 6.07) is 5.38. The van der Waals surface area contributed by atoms with Crippen molar-refractivity contribution in [1.82, 2.24) is 20.7 Å². The molecular formula is C21H28N4O4S. The smallest absolute Gasteiger partial charge is 0.305 e. The van der Waals surface area contributed by atoms with E-state index in [0.29, 0.717) is 25.4 Å². The lowest BCUT2D eigenvalue weighted by Gasteiger charge is -2.27. The van der Waals surface area contributed by atoms with Crippen molar-refractivity contribution in [1.29, 1.82) is 0 Å². The Kier molecular flexibility index (Phi) is 7.64. The molecule has 9 heteroatoms. The number of thiophene rings is 1. The van der Waals surface area contributed by atoms with E-state index in [2.05, 4.69) is 29.6 Å². The minimum absolute atomic E-state index is 0.0114. The van der Waals surface area contributed by atoms with Gasteiger partial charge in [0.25, 0.3) is 0 Å². The van der Waals surface area contributed by atoms with Crippen LogP contribution in [0.4, 0.5) is 0 Å². The van der Waals surface area contributed by atoms with Gasteiger partial charge in [-0.2, -0.15) is 0 Å². The lowest BCUT2D eigenvalue weighted by atomic mass is 10.1. The van der Waals surface area contributed by atoms with E-state index in [-0.39, 0.29) is 24.5 Å². The van der Waals surface area contributed by atoms with Crippen molar-refractivity contribution in [2.24, 2.45) is 0 Å². The van der Waals surface area contributed by atoms with Crippen LogP contribution in [-0.4, -0.2) is 47.2 Å². The highest BCUT2D eigenvalue weighted by Crippen LogP contribution is 2.24. The first kappa shape index (κ1) is 22.0. The van der Waals surface area contributed by atoms with E-state index in [1.807, 2.05) is 11.4 Å². The zero-order valence-corrected chi connectivity index (χ0v) is 18.2. The number of carbonyl (C=O) groups excluding carboxylic acids is 3. The van der Waals surface area contributed by atoms with Crippen LogP contribution in [0.5, 0.6) is 0 Å². The monoisotopic (exact) mass is 432 g/mol. The minimum Gasteiger partial charge on any atom is -0.454 e. The number of furan rings is 1. The van der Waals surface area contributed by atoms with Gasteiger partial charge < -0.3 is 9.32 Å². The Hall–Kier alpha value is -2.65. The summed E-state index contributed by atoms with van der Waals surface area (Å²) in [7, 11) is 0. The van der Waals surface area contributed by atoms with Gasteiger partial charge in [-0.05, 0) is 48.7 Å². The molecule has 0 unspecified atom stereocenters. The molecule has 0 saturated carbocycles. The molecule has 3 amide bonds. The van der Waals surface area contributed by atoms with Crippen molar-refractivity contribution in [3.05, 3.63) is 45.5 Å². The van der Waals surface area contributed by atoms with Crippen molar-refractivity contribution in [2.75, 3.05) is 19.6 Å². The molecule has 2 aromatic heterocycles. The number of nitrogens with one attached hydrogen (secondary N) is 2. The second-order valence-corrected chi connectivity index (χ2v) is 8.16. The van der Waals surface area contributed by atoms with Crippen LogP contribution in [0.2, 0.25) is 0 Å². The molecule has 0 radical (unpaired) electrons. The number of carbonyl (C=O) groups is 3. The molecular weight excluding hydrogens is 404 g/mol. The molecule has 0 bridgehead atoms. The molecule has 0 spiro atoms. The van der Waals surface area contributed by atoms with Gasteiger partial charge >= 0.3 is 5.91 Å². The summed E-state index contributed by atoms with van der Waals surface area (Å²) in [6.07, 6.45) is 0.980. The van der Waals surface area contributed by atoms with E-state index in [1.54, 1.807) is 28.4 Å². The van der Waals surface area contributed by atoms with Gasteiger partial charge in [0.05, 0.1) is 6.54 Å². The maximum Gasteiger partial charge on any atom is 0.305 e. The van der Waals surface area contributed by atoms with Gasteiger partial charge in [-0.25, -0.2) is 0 Å². The number of hydrogen-bond acceptors (Lipinski definition) is 6. The zero-order valence-electron chi connectivity index (χ0n) is 17.4. The third-order valence-corrected chi connectivity index (χ3v) is 6.22. The summed E-state index contributed by atoms with van der Waals surface area (Å²) >= 11 is 1.72. The second-order valence-electron chi connectivity index (χ2n) is 7.16. The minimum atomic E-state index is -0.526. The average Bonchev–Trinajstić information content (AvgIpc) is 3.42. The van der Waals surface area contributed by atoms with E-state index in [0.717, 1.165) is 19.5 Å². The van der Waals surface area contributed by atoms with E-state index in [9.17, 15) is 14.4 Å². The first-order chi connectivity index (χ1) is 14.5. The lowest BCUT2D eigenvalue weighted by Crippen LogP contribution is -2.42. The molecule has 3 rings (SSSR count). The molecule has 0 saturated heterocycles. The van der Waals surface area contributed by atoms with Crippen LogP contribution in [0.1, 0.15) is 53.4 Å². The summed E-state index contributed by atoms with van der Waals surface area (Å²) in [4.78, 5) is 41.8. The summed E-state index contributed by atoms with van der Waals surface area (Å²) in [5, 5.41) is 2.04. The van der Waals surface area contributed by atoms with Gasteiger partial charge in [0, 0.05) is 30.8 Å². The number of nitrogens with zero attached hydrogens (tertiary/aromatic N) is 2. The highest BCUT2D eigenvalue weighted by atomic mass is 32.1. The first-order valence-corrected chi connectivity index (χ1v) is 11.1. The normalized spacial score (nSPS) is 13.2. The molecule has 3 heterocycles. The summed E-state index contributed by atoms with van der Waals surface area (Å²) in [6.45, 7) is 7.80. The van der Waals surface area contributed by atoms with Crippen molar-refractivity contribution >= 4 is 29.1 Å². The SMILES string of the molecule is CCN(CC)Cc1ccc(C(=O)NNC(=O)CCC(=O)N2CCc3sccc3C2)o1. The molecule has 0 aromatic carbocycles. The Morgan fingerprint density at radius 3 is 2.70 bits per heavy atom. The maximum atomic E-state index is 12.4. The lowest BCUT2D eigenvalue weighted by molar-refractivity contribution is -0.134. The van der Waals surface area contributed by atoms with E-state index >= 15 is 0 Å². The summed E-state index contributed by atoms with van der Waals surface area (Å²) in [5.74, 6) is -0.175. The Labute approximate surface area is 180 Å². The quantitative estimate of drug-likeness (QED) is 0.624. The Morgan fingerprint density at radius 1 is 1.13 bits per heavy atom. The van der Waals surface area contributed by atoms with Crippen LogP contribution in [-0.2, 0) is 29.1 Å². The third-order valence-electron chi connectivity index (χ3n) is 5.20. The Balaban J connectivity index is 1.39. The van der Waals surface area contributed by atoms with Crippen LogP contribution >= 0.6 is 11.3 Å². The molecule has 1 aliphatic heterocycles. The molecule has 2 N–H and O–H groups in total. The molecule has 30 heavy (non-hydrogen) atoms. The fraction of sp³-hybridized carbons (Fsp3) is 0.476. The van der Waals surface area contributed by atoms with Crippen molar-refractivity contribution in [3.8, 4) is 0 Å². The summed E-state index contributed by atoms with van der Waals surface area (Å²) < 4.78 is 5.55. The molecule has 0 fully saturated rings. The Bertz CT molecular complexity index is 887. The van der Waals surface area contributed by atoms with Crippen molar-refractivity contribution in [3.63, 3.8) is 0 Å². The van der Waals surface area contributed by atoms with Gasteiger partial charge in [-0.1, -0.05) is 13.8 Å². The molecule has 2 aromatic rings. The Morgan fingerprint density at radius 2 is 1.93 bits per heavy atom. The van der Waals surface area contributed by atoms with Crippen LogP contribution in [0, 0.1) is 0 Å². The topological polar surface area (TPSA) is 94.9 Å². The van der Waals surface area contributed by atoms with E-state index in [4.69, 9.17) is 4.42 Å². The molecule has 0 atom stereocenters. The maximum absolute atomic E-state index is 12.4. The number of rotatable bonds is 8. The zero-order chi connectivity index (χ0) is 21.5. The standard InChI is InChI=1S/C21H28N4O4S/c1-3-24(4-2)14-16-5-6-17(29-16)21(28)23-22-19(26)7-8-20(27)25-11-9-18-15(13-25)10-12-30-18/h5-6,10,12H,3-4,7-9,11,13-14H2,1-2H3,(H,22,26)(H,23,28). The molecule has 162 valence electrons. The van der Waals surface area contributed by atoms with Gasteiger partial charge in [0.2, 0.25) is 11.8 Å². The van der Waals surface area contributed by atoms with Gasteiger partial charge in [0.1, 0.15) is 5.76 Å². The van der Waals surface area contributed by atoms with Crippen LogP contribution in [0.25, 0.3) is 0 Å². The van der Waals surface area contributed by atoms with Crippen molar-refractivity contribution < 1.29 is 18.8 Å². The fourth-order valence-corrected chi connectivity index (χ4v) is 4.23. The van der Waals surface area contributed by atoms with Gasteiger partial charge in [-0.3, -0.25) is 30.1 Å². The molecule has 0 aliphatic carbocycles. The predicted octanol–water partition coefficient (Wildman–Crippen LogP) is 2.31. The molecule has 1 aliphatic rings. The first-order valence-electron chi connectivity index (χ1n) is 10.2. The number of fused-ring (bicyclic) bond motifs is 1. The van der Waals surface area contributed by atoms with E-state index in [1.165, 1.54) is 10.4 Å². The molecule has 8 nitrogen and oxygen atoms in total.